The lowest BCUT2D eigenvalue weighted by Crippen LogP contribution is -2.23. The van der Waals surface area contributed by atoms with Gasteiger partial charge in [-0.3, -0.25) is 4.79 Å². The van der Waals surface area contributed by atoms with Crippen LogP contribution < -0.4 is 14.8 Å². The number of ether oxygens (including phenoxy) is 2. The summed E-state index contributed by atoms with van der Waals surface area (Å²) in [5.74, 6) is 0.417. The van der Waals surface area contributed by atoms with Crippen LogP contribution in [0.5, 0.6) is 11.5 Å². The molecule has 0 spiro atoms. The lowest BCUT2D eigenvalue weighted by molar-refractivity contribution is 0.0924. The Kier molecular flexibility index (Phi) is 4.61. The van der Waals surface area contributed by atoms with Crippen LogP contribution in [0.2, 0.25) is 0 Å². The molecule has 0 saturated carbocycles. The van der Waals surface area contributed by atoms with E-state index in [0.717, 1.165) is 5.56 Å². The second-order valence-corrected chi connectivity index (χ2v) is 5.54. The monoisotopic (exact) mass is 343 g/mol. The minimum atomic E-state index is -0.487. The molecule has 0 unspecified atom stereocenters. The second-order valence-electron chi connectivity index (χ2n) is 5.54. The number of amides is 1. The molecule has 6 heteroatoms. The van der Waals surface area contributed by atoms with Crippen LogP contribution in [-0.4, -0.2) is 20.1 Å². The van der Waals surface area contributed by atoms with Gasteiger partial charge < -0.3 is 19.2 Å². The Morgan fingerprint density at radius 3 is 2.60 bits per heavy atom. The highest BCUT2D eigenvalue weighted by atomic mass is 19.1. The fourth-order valence-corrected chi connectivity index (χ4v) is 2.68. The molecule has 0 aliphatic heterocycles. The molecule has 0 aliphatic carbocycles. The number of halogens is 1. The van der Waals surface area contributed by atoms with Crippen molar-refractivity contribution < 1.29 is 23.1 Å². The highest BCUT2D eigenvalue weighted by molar-refractivity contribution is 5.98. The molecule has 130 valence electrons. The Labute approximate surface area is 144 Å². The first kappa shape index (κ1) is 16.8. The van der Waals surface area contributed by atoms with Crippen LogP contribution in [0.3, 0.4) is 0 Å². The number of hydrogen-bond acceptors (Lipinski definition) is 4. The van der Waals surface area contributed by atoms with Crippen molar-refractivity contribution in [2.24, 2.45) is 0 Å². The molecule has 0 saturated heterocycles. The van der Waals surface area contributed by atoms with E-state index in [1.54, 1.807) is 45.4 Å². The van der Waals surface area contributed by atoms with E-state index in [0.29, 0.717) is 22.4 Å². The van der Waals surface area contributed by atoms with Crippen LogP contribution in [0.15, 0.2) is 40.8 Å². The van der Waals surface area contributed by atoms with Crippen LogP contribution in [0.4, 0.5) is 4.39 Å². The molecule has 1 amide bonds. The summed E-state index contributed by atoms with van der Waals surface area (Å²) in [6, 6.07) is 9.99. The maximum Gasteiger partial charge on any atom is 0.287 e. The van der Waals surface area contributed by atoms with Gasteiger partial charge in [-0.1, -0.05) is 18.2 Å². The standard InChI is InChI=1S/C19H18FNO4/c1-11-13-5-4-6-14(20)18(13)25-17(11)19(22)21-10-12-7-8-15(23-2)16(9-12)24-3/h4-9H,10H2,1-3H3,(H,21,22). The van der Waals surface area contributed by atoms with Crippen LogP contribution >= 0.6 is 0 Å². The highest BCUT2D eigenvalue weighted by Gasteiger charge is 2.19. The van der Waals surface area contributed by atoms with Crippen LogP contribution in [0, 0.1) is 12.7 Å². The zero-order valence-electron chi connectivity index (χ0n) is 14.2. The number of rotatable bonds is 5. The summed E-state index contributed by atoms with van der Waals surface area (Å²) in [7, 11) is 3.11. The molecule has 2 aromatic carbocycles. The van der Waals surface area contributed by atoms with Gasteiger partial charge in [0.15, 0.2) is 28.7 Å². The average Bonchev–Trinajstić information content (AvgIpc) is 2.98. The van der Waals surface area contributed by atoms with Gasteiger partial charge in [0.2, 0.25) is 0 Å². The summed E-state index contributed by atoms with van der Waals surface area (Å²) < 4.78 is 29.7. The molecule has 0 bridgehead atoms. The third-order valence-corrected chi connectivity index (χ3v) is 4.02. The molecular formula is C19H18FNO4. The van der Waals surface area contributed by atoms with Gasteiger partial charge >= 0.3 is 0 Å². The van der Waals surface area contributed by atoms with Crippen molar-refractivity contribution in [2.45, 2.75) is 13.5 Å². The van der Waals surface area contributed by atoms with E-state index in [9.17, 15) is 9.18 Å². The van der Waals surface area contributed by atoms with Gasteiger partial charge in [-0.05, 0) is 30.7 Å². The number of furan rings is 1. The SMILES string of the molecule is COc1ccc(CNC(=O)c2oc3c(F)cccc3c2C)cc1OC. The number of hydrogen-bond donors (Lipinski definition) is 1. The van der Waals surface area contributed by atoms with Crippen LogP contribution in [0.25, 0.3) is 11.0 Å². The summed E-state index contributed by atoms with van der Waals surface area (Å²) in [6.07, 6.45) is 0. The zero-order valence-corrected chi connectivity index (χ0v) is 14.2. The molecule has 0 fully saturated rings. The summed E-state index contributed by atoms with van der Waals surface area (Å²) in [4.78, 5) is 12.4. The fraction of sp³-hybridized carbons (Fsp3) is 0.211. The number of aryl methyl sites for hydroxylation is 1. The van der Waals surface area contributed by atoms with Crippen LogP contribution in [-0.2, 0) is 6.54 Å². The molecule has 3 aromatic rings. The quantitative estimate of drug-likeness (QED) is 0.765. The maximum absolute atomic E-state index is 13.8. The molecule has 3 rings (SSSR count). The third-order valence-electron chi connectivity index (χ3n) is 4.02. The molecular weight excluding hydrogens is 325 g/mol. The topological polar surface area (TPSA) is 60.7 Å². The fourth-order valence-electron chi connectivity index (χ4n) is 2.68. The first-order valence-electron chi connectivity index (χ1n) is 7.72. The van der Waals surface area contributed by atoms with Crippen molar-refractivity contribution in [3.8, 4) is 11.5 Å². The van der Waals surface area contributed by atoms with Crippen molar-refractivity contribution in [1.29, 1.82) is 0 Å². The minimum absolute atomic E-state index is 0.0938. The molecule has 0 aliphatic rings. The number of benzene rings is 2. The number of methoxy groups -OCH3 is 2. The van der Waals surface area contributed by atoms with E-state index >= 15 is 0 Å². The lowest BCUT2D eigenvalue weighted by Gasteiger charge is -2.10. The molecule has 25 heavy (non-hydrogen) atoms. The third kappa shape index (κ3) is 3.15. The molecule has 0 atom stereocenters. The number of carbonyl (C=O) groups is 1. The average molecular weight is 343 g/mol. The zero-order chi connectivity index (χ0) is 18.0. The smallest absolute Gasteiger partial charge is 0.287 e. The summed E-state index contributed by atoms with van der Waals surface area (Å²) >= 11 is 0. The second kappa shape index (κ2) is 6.84. The van der Waals surface area contributed by atoms with Gasteiger partial charge in [-0.2, -0.15) is 0 Å². The normalized spacial score (nSPS) is 10.7. The van der Waals surface area contributed by atoms with Gasteiger partial charge in [0.25, 0.3) is 5.91 Å². The molecule has 1 aromatic heterocycles. The first-order chi connectivity index (χ1) is 12.0. The summed E-state index contributed by atoms with van der Waals surface area (Å²) in [5.41, 5.74) is 1.54. The number of para-hydroxylation sites is 1. The van der Waals surface area contributed by atoms with E-state index in [1.807, 2.05) is 6.07 Å². The van der Waals surface area contributed by atoms with Gasteiger partial charge in [0.05, 0.1) is 14.2 Å². The highest BCUT2D eigenvalue weighted by Crippen LogP contribution is 2.28. The molecule has 0 radical (unpaired) electrons. The lowest BCUT2D eigenvalue weighted by atomic mass is 10.1. The van der Waals surface area contributed by atoms with E-state index in [1.165, 1.54) is 6.07 Å². The Morgan fingerprint density at radius 1 is 1.16 bits per heavy atom. The minimum Gasteiger partial charge on any atom is -0.493 e. The number of carbonyl (C=O) groups excluding carboxylic acids is 1. The van der Waals surface area contributed by atoms with Crippen molar-refractivity contribution in [3.05, 3.63) is 59.1 Å². The number of fused-ring (bicyclic) bond motifs is 1. The van der Waals surface area contributed by atoms with E-state index in [4.69, 9.17) is 13.9 Å². The summed E-state index contributed by atoms with van der Waals surface area (Å²) in [5, 5.41) is 3.37. The van der Waals surface area contributed by atoms with Crippen molar-refractivity contribution in [2.75, 3.05) is 14.2 Å². The Hall–Kier alpha value is -3.02. The van der Waals surface area contributed by atoms with Crippen molar-refractivity contribution >= 4 is 16.9 Å². The first-order valence-corrected chi connectivity index (χ1v) is 7.72. The largest absolute Gasteiger partial charge is 0.493 e. The van der Waals surface area contributed by atoms with Gasteiger partial charge in [0.1, 0.15) is 0 Å². The van der Waals surface area contributed by atoms with Gasteiger partial charge in [-0.25, -0.2) is 4.39 Å². The Bertz CT molecular complexity index is 933. The maximum atomic E-state index is 13.8. The van der Waals surface area contributed by atoms with E-state index in [-0.39, 0.29) is 17.9 Å². The molecule has 5 nitrogen and oxygen atoms in total. The number of nitrogens with one attached hydrogen (secondary N) is 1. The molecule has 1 heterocycles. The van der Waals surface area contributed by atoms with Gasteiger partial charge in [0, 0.05) is 17.5 Å². The van der Waals surface area contributed by atoms with Crippen molar-refractivity contribution in [1.82, 2.24) is 5.32 Å². The summed E-state index contributed by atoms with van der Waals surface area (Å²) in [6.45, 7) is 2.01. The predicted molar refractivity (Wildman–Crippen MR) is 91.6 cm³/mol. The molecule has 1 N–H and O–H groups in total. The van der Waals surface area contributed by atoms with Gasteiger partial charge in [-0.15, -0.1) is 0 Å². The van der Waals surface area contributed by atoms with Crippen LogP contribution in [0.1, 0.15) is 21.7 Å². The van der Waals surface area contributed by atoms with E-state index in [2.05, 4.69) is 5.32 Å². The Morgan fingerprint density at radius 2 is 1.92 bits per heavy atom. The predicted octanol–water partition coefficient (Wildman–Crippen LogP) is 3.83. The van der Waals surface area contributed by atoms with Crippen molar-refractivity contribution in [3.63, 3.8) is 0 Å². The Balaban J connectivity index is 1.79. The van der Waals surface area contributed by atoms with E-state index < -0.39 is 11.7 Å².